The van der Waals surface area contributed by atoms with Crippen molar-refractivity contribution >= 4 is 17.6 Å². The number of amides is 1. The predicted molar refractivity (Wildman–Crippen MR) is 108 cm³/mol. The highest BCUT2D eigenvalue weighted by Gasteiger charge is 2.11. The summed E-state index contributed by atoms with van der Waals surface area (Å²) in [5.74, 6) is 0.387. The van der Waals surface area contributed by atoms with E-state index in [2.05, 4.69) is 27.6 Å². The topological polar surface area (TPSA) is 105 Å². The van der Waals surface area contributed by atoms with E-state index in [1.54, 1.807) is 37.4 Å². The SMILES string of the molecule is C=C(NNC(=O)c1cc(-c2ccc(OC)cc2)n[nH]1)c1ccc(OC(C)=O)cc1. The summed E-state index contributed by atoms with van der Waals surface area (Å²) in [5.41, 5.74) is 8.30. The normalized spacial score (nSPS) is 10.1. The molecule has 8 heteroatoms. The first-order valence-electron chi connectivity index (χ1n) is 8.70. The molecule has 0 bridgehead atoms. The molecule has 0 aliphatic rings. The number of esters is 1. The van der Waals surface area contributed by atoms with E-state index in [0.29, 0.717) is 22.8 Å². The first-order chi connectivity index (χ1) is 14.0. The molecular formula is C21H20N4O4. The van der Waals surface area contributed by atoms with Crippen LogP contribution >= 0.6 is 0 Å². The Balaban J connectivity index is 1.58. The lowest BCUT2D eigenvalue weighted by Crippen LogP contribution is -2.36. The average molecular weight is 392 g/mol. The van der Waals surface area contributed by atoms with Gasteiger partial charge in [0, 0.05) is 12.5 Å². The molecule has 0 saturated carbocycles. The highest BCUT2D eigenvalue weighted by molar-refractivity contribution is 5.93. The molecule has 29 heavy (non-hydrogen) atoms. The monoisotopic (exact) mass is 392 g/mol. The lowest BCUT2D eigenvalue weighted by Gasteiger charge is -2.11. The van der Waals surface area contributed by atoms with Crippen LogP contribution in [0.4, 0.5) is 0 Å². The third-order valence-electron chi connectivity index (χ3n) is 4.00. The fourth-order valence-electron chi connectivity index (χ4n) is 2.51. The van der Waals surface area contributed by atoms with Crippen LogP contribution < -0.4 is 20.3 Å². The van der Waals surface area contributed by atoms with Gasteiger partial charge >= 0.3 is 5.97 Å². The van der Waals surface area contributed by atoms with Gasteiger partial charge in [0.25, 0.3) is 5.91 Å². The van der Waals surface area contributed by atoms with Crippen molar-refractivity contribution in [2.45, 2.75) is 6.92 Å². The van der Waals surface area contributed by atoms with E-state index in [-0.39, 0.29) is 0 Å². The summed E-state index contributed by atoms with van der Waals surface area (Å²) in [6.07, 6.45) is 0. The number of hydrazine groups is 1. The van der Waals surface area contributed by atoms with E-state index in [4.69, 9.17) is 9.47 Å². The molecule has 1 heterocycles. The molecule has 3 N–H and O–H groups in total. The summed E-state index contributed by atoms with van der Waals surface area (Å²) in [7, 11) is 1.60. The molecule has 0 spiro atoms. The molecule has 3 rings (SSSR count). The zero-order valence-corrected chi connectivity index (χ0v) is 16.0. The van der Waals surface area contributed by atoms with Gasteiger partial charge in [-0.3, -0.25) is 25.5 Å². The van der Waals surface area contributed by atoms with E-state index in [1.165, 1.54) is 6.92 Å². The molecule has 0 aliphatic heterocycles. The number of carbonyl (C=O) groups is 2. The van der Waals surface area contributed by atoms with E-state index >= 15 is 0 Å². The molecule has 0 fully saturated rings. The average Bonchev–Trinajstić information content (AvgIpc) is 3.22. The lowest BCUT2D eigenvalue weighted by molar-refractivity contribution is -0.131. The summed E-state index contributed by atoms with van der Waals surface area (Å²) >= 11 is 0. The van der Waals surface area contributed by atoms with Gasteiger partial charge in [0.1, 0.15) is 17.2 Å². The Kier molecular flexibility index (Phi) is 5.94. The number of benzene rings is 2. The maximum Gasteiger partial charge on any atom is 0.308 e. The third-order valence-corrected chi connectivity index (χ3v) is 4.00. The molecule has 0 aliphatic carbocycles. The Morgan fingerprint density at radius 3 is 2.28 bits per heavy atom. The van der Waals surface area contributed by atoms with Crippen molar-refractivity contribution in [2.75, 3.05) is 7.11 Å². The van der Waals surface area contributed by atoms with Gasteiger partial charge in [0.05, 0.1) is 18.5 Å². The summed E-state index contributed by atoms with van der Waals surface area (Å²) in [4.78, 5) is 23.3. The highest BCUT2D eigenvalue weighted by atomic mass is 16.5. The van der Waals surface area contributed by atoms with Crippen molar-refractivity contribution in [3.63, 3.8) is 0 Å². The molecule has 1 amide bonds. The second-order valence-corrected chi connectivity index (χ2v) is 6.07. The fourth-order valence-corrected chi connectivity index (χ4v) is 2.51. The summed E-state index contributed by atoms with van der Waals surface area (Å²) in [5, 5.41) is 6.87. The minimum Gasteiger partial charge on any atom is -0.497 e. The number of rotatable bonds is 7. The maximum absolute atomic E-state index is 12.3. The van der Waals surface area contributed by atoms with E-state index in [1.807, 2.05) is 24.3 Å². The van der Waals surface area contributed by atoms with Gasteiger partial charge < -0.3 is 9.47 Å². The Morgan fingerprint density at radius 1 is 1.00 bits per heavy atom. The molecule has 3 aromatic rings. The lowest BCUT2D eigenvalue weighted by atomic mass is 10.1. The van der Waals surface area contributed by atoms with Crippen molar-refractivity contribution in [1.29, 1.82) is 0 Å². The van der Waals surface area contributed by atoms with Gasteiger partial charge in [0.15, 0.2) is 0 Å². The van der Waals surface area contributed by atoms with Gasteiger partial charge in [-0.25, -0.2) is 0 Å². The molecule has 0 unspecified atom stereocenters. The second kappa shape index (κ2) is 8.75. The number of aromatic amines is 1. The molecule has 1 aromatic heterocycles. The van der Waals surface area contributed by atoms with Crippen LogP contribution in [0.5, 0.6) is 11.5 Å². The van der Waals surface area contributed by atoms with Crippen LogP contribution in [-0.4, -0.2) is 29.2 Å². The van der Waals surface area contributed by atoms with E-state index < -0.39 is 11.9 Å². The zero-order chi connectivity index (χ0) is 20.8. The predicted octanol–water partition coefficient (Wildman–Crippen LogP) is 2.92. The van der Waals surface area contributed by atoms with Crippen molar-refractivity contribution in [3.05, 3.63) is 72.4 Å². The second-order valence-electron chi connectivity index (χ2n) is 6.07. The van der Waals surface area contributed by atoms with Crippen LogP contribution in [0.3, 0.4) is 0 Å². The number of aromatic nitrogens is 2. The van der Waals surface area contributed by atoms with E-state index in [0.717, 1.165) is 16.9 Å². The summed E-state index contributed by atoms with van der Waals surface area (Å²) < 4.78 is 10.1. The first-order valence-corrected chi connectivity index (χ1v) is 8.70. The molecule has 2 aromatic carbocycles. The van der Waals surface area contributed by atoms with Gasteiger partial charge in [-0.1, -0.05) is 6.58 Å². The Bertz CT molecular complexity index is 1020. The van der Waals surface area contributed by atoms with E-state index in [9.17, 15) is 9.59 Å². The summed E-state index contributed by atoms with van der Waals surface area (Å²) in [6, 6.07) is 15.7. The standard InChI is InChI=1S/C21H20N4O4/c1-13(15-4-10-18(11-5-15)29-14(2)26)22-25-21(27)20-12-19(23-24-20)16-6-8-17(28-3)9-7-16/h4-12,22H,1H2,2-3H3,(H,23,24)(H,25,27). The van der Waals surface area contributed by atoms with Crippen LogP contribution in [0.15, 0.2) is 61.2 Å². The van der Waals surface area contributed by atoms with Crippen LogP contribution in [-0.2, 0) is 4.79 Å². The summed E-state index contributed by atoms with van der Waals surface area (Å²) in [6.45, 7) is 5.21. The van der Waals surface area contributed by atoms with Crippen LogP contribution in [0.2, 0.25) is 0 Å². The molecule has 8 nitrogen and oxygen atoms in total. The quantitative estimate of drug-likeness (QED) is 0.324. The van der Waals surface area contributed by atoms with Gasteiger partial charge in [-0.05, 0) is 60.2 Å². The van der Waals surface area contributed by atoms with Gasteiger partial charge in [-0.2, -0.15) is 5.10 Å². The van der Waals surface area contributed by atoms with Crippen LogP contribution in [0.25, 0.3) is 17.0 Å². The highest BCUT2D eigenvalue weighted by Crippen LogP contribution is 2.21. The maximum atomic E-state index is 12.3. The van der Waals surface area contributed by atoms with Gasteiger partial charge in [-0.15, -0.1) is 0 Å². The molecule has 0 radical (unpaired) electrons. The minimum absolute atomic E-state index is 0.293. The largest absolute Gasteiger partial charge is 0.497 e. The molecule has 148 valence electrons. The number of methoxy groups -OCH3 is 1. The zero-order valence-electron chi connectivity index (χ0n) is 16.0. The van der Waals surface area contributed by atoms with Crippen LogP contribution in [0, 0.1) is 0 Å². The Hall–Kier alpha value is -4.07. The smallest absolute Gasteiger partial charge is 0.308 e. The van der Waals surface area contributed by atoms with Crippen molar-refractivity contribution < 1.29 is 19.1 Å². The van der Waals surface area contributed by atoms with Crippen molar-refractivity contribution in [2.24, 2.45) is 0 Å². The Morgan fingerprint density at radius 2 is 1.66 bits per heavy atom. The van der Waals surface area contributed by atoms with Crippen molar-refractivity contribution in [3.8, 4) is 22.8 Å². The Labute approximate surface area is 167 Å². The van der Waals surface area contributed by atoms with Crippen molar-refractivity contribution in [1.82, 2.24) is 21.0 Å². The molecule has 0 atom stereocenters. The molecule has 0 saturated heterocycles. The first kappa shape index (κ1) is 19.7. The number of hydrogen-bond donors (Lipinski definition) is 3. The third kappa shape index (κ3) is 5.01. The molecular weight excluding hydrogens is 372 g/mol. The fraction of sp³-hybridized carbons (Fsp3) is 0.0952. The number of nitrogens with one attached hydrogen (secondary N) is 3. The number of hydrogen-bond acceptors (Lipinski definition) is 6. The minimum atomic E-state index is -0.394. The number of H-pyrrole nitrogens is 1. The van der Waals surface area contributed by atoms with Gasteiger partial charge in [0.2, 0.25) is 0 Å². The number of nitrogens with zero attached hydrogens (tertiary/aromatic N) is 1. The number of carbonyl (C=O) groups excluding carboxylic acids is 2. The number of ether oxygens (including phenoxy) is 2. The van der Waals surface area contributed by atoms with Crippen LogP contribution in [0.1, 0.15) is 23.0 Å².